The third kappa shape index (κ3) is 24.1. The summed E-state index contributed by atoms with van der Waals surface area (Å²) in [6.45, 7) is 2.22. The van der Waals surface area contributed by atoms with E-state index in [0.717, 1.165) is 19.3 Å². The summed E-state index contributed by atoms with van der Waals surface area (Å²) in [6.07, 6.45) is 25.9. The largest absolute Gasteiger partial charge is 1.00 e. The molecule has 132 valence electrons. The van der Waals surface area contributed by atoms with Crippen molar-refractivity contribution in [1.29, 1.82) is 0 Å². The van der Waals surface area contributed by atoms with Gasteiger partial charge in [0.1, 0.15) is 0 Å². The van der Waals surface area contributed by atoms with Crippen LogP contribution < -0.4 is 29.6 Å². The van der Waals surface area contributed by atoms with Crippen molar-refractivity contribution in [2.75, 3.05) is 5.75 Å². The zero-order valence-corrected chi connectivity index (χ0v) is 18.1. The van der Waals surface area contributed by atoms with E-state index in [1.807, 2.05) is 12.2 Å². The number of unbranched alkanes of at least 4 members (excludes halogenated alkanes) is 4. The maximum absolute atomic E-state index is 10.4. The van der Waals surface area contributed by atoms with Crippen LogP contribution in [0.4, 0.5) is 0 Å². The van der Waals surface area contributed by atoms with Gasteiger partial charge in [0.05, 0.1) is 10.1 Å². The van der Waals surface area contributed by atoms with Gasteiger partial charge in [-0.25, -0.2) is 8.42 Å². The van der Waals surface area contributed by atoms with E-state index in [1.165, 1.54) is 25.7 Å². The Morgan fingerprint density at radius 2 is 1.12 bits per heavy atom. The molecule has 0 aromatic rings. The molecular weight excluding hydrogens is 331 g/mol. The second-order valence-corrected chi connectivity index (χ2v) is 7.02. The molecule has 0 atom stereocenters. The molecule has 0 bridgehead atoms. The fourth-order valence-electron chi connectivity index (χ4n) is 1.94. The minimum atomic E-state index is -4.06. The molecule has 0 rings (SSSR count). The van der Waals surface area contributed by atoms with Gasteiger partial charge in [-0.1, -0.05) is 68.4 Å². The van der Waals surface area contributed by atoms with Crippen molar-refractivity contribution in [2.24, 2.45) is 0 Å². The Morgan fingerprint density at radius 3 is 1.54 bits per heavy atom. The van der Waals surface area contributed by atoms with Crippen molar-refractivity contribution in [3.05, 3.63) is 48.6 Å². The van der Waals surface area contributed by atoms with Crippen molar-refractivity contribution in [1.82, 2.24) is 0 Å². The van der Waals surface area contributed by atoms with Crippen LogP contribution in [-0.4, -0.2) is 18.7 Å². The molecule has 0 unspecified atom stereocenters. The van der Waals surface area contributed by atoms with Gasteiger partial charge in [-0.2, -0.15) is 0 Å². The van der Waals surface area contributed by atoms with Crippen LogP contribution >= 0.6 is 0 Å². The van der Waals surface area contributed by atoms with Gasteiger partial charge in [0.15, 0.2) is 0 Å². The van der Waals surface area contributed by atoms with E-state index in [1.54, 1.807) is 0 Å². The molecule has 0 fully saturated rings. The fraction of sp³-hybridized carbons (Fsp3) is 0.579. The van der Waals surface area contributed by atoms with E-state index in [0.29, 0.717) is 12.8 Å². The third-order valence-corrected chi connectivity index (χ3v) is 4.01. The molecule has 24 heavy (non-hydrogen) atoms. The normalized spacial score (nSPS) is 12.8. The Morgan fingerprint density at radius 1 is 0.708 bits per heavy atom. The Labute approximate surface area is 171 Å². The molecule has 0 aromatic carbocycles. The third-order valence-electron chi connectivity index (χ3n) is 3.22. The van der Waals surface area contributed by atoms with Crippen molar-refractivity contribution in [2.45, 2.75) is 64.7 Å². The van der Waals surface area contributed by atoms with Crippen LogP contribution in [0.25, 0.3) is 0 Å². The van der Waals surface area contributed by atoms with Crippen molar-refractivity contribution < 1.29 is 42.5 Å². The average Bonchev–Trinajstić information content (AvgIpc) is 2.49. The van der Waals surface area contributed by atoms with Crippen LogP contribution in [0, 0.1) is 0 Å². The molecule has 0 aromatic heterocycles. The molecule has 0 spiro atoms. The minimum Gasteiger partial charge on any atom is -0.748 e. The minimum absolute atomic E-state index is 0. The SMILES string of the molecule is CCCCC/C=C\C/C=C\C/C=C/C/C=C\CCCS(=O)(=O)[O-].[Na+]. The summed E-state index contributed by atoms with van der Waals surface area (Å²) in [5, 5.41) is 0. The smallest absolute Gasteiger partial charge is 0.748 e. The van der Waals surface area contributed by atoms with Gasteiger partial charge in [-0.3, -0.25) is 0 Å². The molecule has 3 nitrogen and oxygen atoms in total. The molecule has 0 radical (unpaired) electrons. The topological polar surface area (TPSA) is 57.2 Å². The van der Waals surface area contributed by atoms with Crippen LogP contribution in [0.2, 0.25) is 0 Å². The molecule has 0 amide bonds. The van der Waals surface area contributed by atoms with Gasteiger partial charge in [0.25, 0.3) is 0 Å². The summed E-state index contributed by atoms with van der Waals surface area (Å²) >= 11 is 0. The first-order valence-electron chi connectivity index (χ1n) is 8.60. The summed E-state index contributed by atoms with van der Waals surface area (Å²) in [6, 6.07) is 0. The second kappa shape index (κ2) is 19.2. The predicted octanol–water partition coefficient (Wildman–Crippen LogP) is 2.29. The van der Waals surface area contributed by atoms with Gasteiger partial charge in [-0.15, -0.1) is 0 Å². The van der Waals surface area contributed by atoms with E-state index in [4.69, 9.17) is 0 Å². The van der Waals surface area contributed by atoms with E-state index in [9.17, 15) is 13.0 Å². The van der Waals surface area contributed by atoms with Gasteiger partial charge < -0.3 is 4.55 Å². The molecule has 0 N–H and O–H groups in total. The maximum Gasteiger partial charge on any atom is 1.00 e. The van der Waals surface area contributed by atoms with E-state index >= 15 is 0 Å². The summed E-state index contributed by atoms with van der Waals surface area (Å²) in [7, 11) is -4.06. The Bertz CT molecular complexity index is 477. The van der Waals surface area contributed by atoms with Gasteiger partial charge in [0.2, 0.25) is 0 Å². The zero-order valence-electron chi connectivity index (χ0n) is 15.3. The summed E-state index contributed by atoms with van der Waals surface area (Å²) in [4.78, 5) is 0. The molecule has 0 heterocycles. The van der Waals surface area contributed by atoms with Crippen molar-refractivity contribution in [3.8, 4) is 0 Å². The quantitative estimate of drug-likeness (QED) is 0.206. The Balaban J connectivity index is 0. The van der Waals surface area contributed by atoms with E-state index in [-0.39, 0.29) is 35.3 Å². The van der Waals surface area contributed by atoms with E-state index in [2.05, 4.69) is 43.4 Å². The first-order chi connectivity index (χ1) is 11.1. The molecule has 0 saturated carbocycles. The van der Waals surface area contributed by atoms with Crippen molar-refractivity contribution in [3.63, 3.8) is 0 Å². The number of hydrogen-bond acceptors (Lipinski definition) is 3. The molecule has 0 aliphatic heterocycles. The number of allylic oxidation sites excluding steroid dienone is 8. The van der Waals surface area contributed by atoms with Crippen molar-refractivity contribution >= 4 is 10.1 Å². The second-order valence-electron chi connectivity index (χ2n) is 5.49. The van der Waals surface area contributed by atoms with E-state index < -0.39 is 10.1 Å². The van der Waals surface area contributed by atoms with Gasteiger partial charge in [0, 0.05) is 5.75 Å². The Hall–Kier alpha value is -0.130. The first-order valence-corrected chi connectivity index (χ1v) is 10.2. The summed E-state index contributed by atoms with van der Waals surface area (Å²) in [5.74, 6) is -0.273. The van der Waals surface area contributed by atoms with Crippen LogP contribution in [0.3, 0.4) is 0 Å². The molecule has 0 aliphatic rings. The Kier molecular flexibility index (Phi) is 20.9. The maximum atomic E-state index is 10.4. The fourth-order valence-corrected chi connectivity index (χ4v) is 2.46. The monoisotopic (exact) mass is 362 g/mol. The molecule has 0 aliphatic carbocycles. The number of rotatable bonds is 14. The van der Waals surface area contributed by atoms with Gasteiger partial charge >= 0.3 is 29.6 Å². The van der Waals surface area contributed by atoms with Crippen LogP contribution in [0.5, 0.6) is 0 Å². The van der Waals surface area contributed by atoms with Crippen LogP contribution in [0.1, 0.15) is 64.7 Å². The zero-order chi connectivity index (χ0) is 17.2. The molecule has 5 heteroatoms. The molecular formula is C19H31NaO3S. The summed E-state index contributed by atoms with van der Waals surface area (Å²) in [5.41, 5.74) is 0. The van der Waals surface area contributed by atoms with Crippen LogP contribution in [0.15, 0.2) is 48.6 Å². The molecule has 0 saturated heterocycles. The first kappa shape index (κ1) is 26.1. The number of hydrogen-bond donors (Lipinski definition) is 0. The standard InChI is InChI=1S/C19H32O3S.Na/c1-2-3-4-5-6-7-8-9-10-11-12-13-14-15-16-17-18-19-23(20,21)22;/h6-7,9-10,12-13,15-16H,2-5,8,11,14,17-19H2,1H3,(H,20,21,22);/q;+1/p-1/b7-6-,10-9-,13-12+,16-15-;. The van der Waals surface area contributed by atoms with Crippen LogP contribution in [-0.2, 0) is 10.1 Å². The summed E-state index contributed by atoms with van der Waals surface area (Å²) < 4.78 is 31.2. The predicted molar refractivity (Wildman–Crippen MR) is 98.4 cm³/mol. The average molecular weight is 363 g/mol. The van der Waals surface area contributed by atoms with Gasteiger partial charge in [-0.05, 0) is 44.9 Å².